The molecule has 1 aliphatic heterocycles. The van der Waals surface area contributed by atoms with Crippen molar-refractivity contribution in [1.82, 2.24) is 0 Å². The lowest BCUT2D eigenvalue weighted by Gasteiger charge is -2.10. The maximum Gasteiger partial charge on any atom is 0.245 e. The molecule has 0 spiro atoms. The standard InChI is InChI=1S/C17H11F5N2O2/c1-2-26-24-16-8-5-3-4-6-10(8)23-17(16)25-7-9-11(18)13(20)15(22)14(21)12(9)19/h3-6H,2,7H2,1H3/b24-16+. The summed E-state index contributed by atoms with van der Waals surface area (Å²) in [5, 5.41) is 3.84. The molecule has 26 heavy (non-hydrogen) atoms. The minimum atomic E-state index is -2.23. The third kappa shape index (κ3) is 3.00. The lowest BCUT2D eigenvalue weighted by atomic mass is 10.1. The summed E-state index contributed by atoms with van der Waals surface area (Å²) >= 11 is 0. The second-order valence-corrected chi connectivity index (χ2v) is 5.13. The summed E-state index contributed by atoms with van der Waals surface area (Å²) in [7, 11) is 0. The van der Waals surface area contributed by atoms with Crippen LogP contribution in [-0.4, -0.2) is 18.2 Å². The lowest BCUT2D eigenvalue weighted by molar-refractivity contribution is 0.159. The largest absolute Gasteiger partial charge is 0.471 e. The number of rotatable bonds is 4. The van der Waals surface area contributed by atoms with Gasteiger partial charge in [-0.05, 0) is 13.0 Å². The zero-order valence-electron chi connectivity index (χ0n) is 13.3. The molecule has 0 aliphatic carbocycles. The van der Waals surface area contributed by atoms with Crippen LogP contribution in [0.3, 0.4) is 0 Å². The fourth-order valence-corrected chi connectivity index (χ4v) is 2.28. The second kappa shape index (κ2) is 7.11. The molecule has 0 amide bonds. The van der Waals surface area contributed by atoms with Crippen molar-refractivity contribution in [3.05, 3.63) is 64.5 Å². The number of ether oxygens (including phenoxy) is 1. The molecule has 1 aliphatic rings. The number of halogens is 5. The Morgan fingerprint density at radius 2 is 1.54 bits per heavy atom. The molecule has 9 heteroatoms. The number of aliphatic imine (C=N–C) groups is 1. The van der Waals surface area contributed by atoms with E-state index in [0.29, 0.717) is 11.3 Å². The van der Waals surface area contributed by atoms with Crippen molar-refractivity contribution < 1.29 is 31.5 Å². The van der Waals surface area contributed by atoms with Gasteiger partial charge < -0.3 is 9.57 Å². The Morgan fingerprint density at radius 1 is 0.923 bits per heavy atom. The van der Waals surface area contributed by atoms with E-state index in [2.05, 4.69) is 10.1 Å². The van der Waals surface area contributed by atoms with Crippen LogP contribution in [0.4, 0.5) is 27.6 Å². The zero-order valence-corrected chi connectivity index (χ0v) is 13.3. The molecule has 0 saturated carbocycles. The molecular weight excluding hydrogens is 359 g/mol. The molecule has 0 saturated heterocycles. The number of fused-ring (bicyclic) bond motifs is 1. The van der Waals surface area contributed by atoms with Crippen molar-refractivity contribution >= 4 is 17.3 Å². The quantitative estimate of drug-likeness (QED) is 0.347. The van der Waals surface area contributed by atoms with Gasteiger partial charge in [0.2, 0.25) is 11.7 Å². The van der Waals surface area contributed by atoms with Gasteiger partial charge in [0, 0.05) is 5.56 Å². The molecule has 2 aromatic rings. The van der Waals surface area contributed by atoms with Gasteiger partial charge in [-0.2, -0.15) is 0 Å². The summed E-state index contributed by atoms with van der Waals surface area (Å²) in [4.78, 5) is 9.07. The number of hydrogen-bond donors (Lipinski definition) is 0. The minimum absolute atomic E-state index is 0.149. The number of hydrogen-bond acceptors (Lipinski definition) is 4. The summed E-state index contributed by atoms with van der Waals surface area (Å²) in [6.45, 7) is 1.01. The molecule has 0 N–H and O–H groups in total. The SMILES string of the molecule is CCO/N=C1/C(OCc2c(F)c(F)c(F)c(F)c2F)=Nc2ccccc21. The van der Waals surface area contributed by atoms with Gasteiger partial charge in [-0.25, -0.2) is 26.9 Å². The highest BCUT2D eigenvalue weighted by atomic mass is 19.2. The number of oxime groups is 1. The van der Waals surface area contributed by atoms with Gasteiger partial charge in [0.25, 0.3) is 0 Å². The third-order valence-electron chi connectivity index (χ3n) is 3.52. The normalized spacial score (nSPS) is 14.4. The van der Waals surface area contributed by atoms with Gasteiger partial charge in [0.1, 0.15) is 13.2 Å². The van der Waals surface area contributed by atoms with E-state index in [-0.39, 0.29) is 18.2 Å². The highest BCUT2D eigenvalue weighted by Gasteiger charge is 2.29. The van der Waals surface area contributed by atoms with E-state index in [9.17, 15) is 22.0 Å². The molecule has 0 aromatic heterocycles. The van der Waals surface area contributed by atoms with E-state index in [0.717, 1.165) is 0 Å². The molecule has 136 valence electrons. The number of benzene rings is 2. The van der Waals surface area contributed by atoms with Gasteiger partial charge in [0.05, 0.1) is 11.3 Å². The molecule has 1 heterocycles. The van der Waals surface area contributed by atoms with Gasteiger partial charge in [-0.15, -0.1) is 0 Å². The van der Waals surface area contributed by atoms with Gasteiger partial charge in [0.15, 0.2) is 29.0 Å². The van der Waals surface area contributed by atoms with E-state index >= 15 is 0 Å². The molecule has 0 atom stereocenters. The maximum absolute atomic E-state index is 13.7. The Hall–Kier alpha value is -2.97. The summed E-state index contributed by atoms with van der Waals surface area (Å²) in [6.07, 6.45) is 0. The highest BCUT2D eigenvalue weighted by Crippen LogP contribution is 2.29. The van der Waals surface area contributed by atoms with Crippen molar-refractivity contribution in [3.63, 3.8) is 0 Å². The monoisotopic (exact) mass is 370 g/mol. The average molecular weight is 370 g/mol. The minimum Gasteiger partial charge on any atom is -0.471 e. The Labute approximate surface area is 144 Å². The molecule has 0 fully saturated rings. The van der Waals surface area contributed by atoms with Crippen LogP contribution < -0.4 is 0 Å². The van der Waals surface area contributed by atoms with E-state index in [1.54, 1.807) is 31.2 Å². The van der Waals surface area contributed by atoms with Crippen molar-refractivity contribution in [1.29, 1.82) is 0 Å². The molecule has 0 bridgehead atoms. The van der Waals surface area contributed by atoms with E-state index in [1.165, 1.54) is 0 Å². The van der Waals surface area contributed by atoms with Crippen LogP contribution in [0.2, 0.25) is 0 Å². The van der Waals surface area contributed by atoms with Crippen LogP contribution in [0.5, 0.6) is 0 Å². The van der Waals surface area contributed by atoms with Gasteiger partial charge >= 0.3 is 0 Å². The predicted molar refractivity (Wildman–Crippen MR) is 82.7 cm³/mol. The summed E-state index contributed by atoms with van der Waals surface area (Å²) in [6, 6.07) is 6.73. The van der Waals surface area contributed by atoms with Crippen molar-refractivity contribution in [3.8, 4) is 0 Å². The molecule has 0 unspecified atom stereocenters. The fraction of sp³-hybridized carbons (Fsp3) is 0.176. The Kier molecular flexibility index (Phi) is 4.88. The fourth-order valence-electron chi connectivity index (χ4n) is 2.28. The first kappa shape index (κ1) is 17.8. The number of para-hydroxylation sites is 1. The van der Waals surface area contributed by atoms with Crippen LogP contribution in [0, 0.1) is 29.1 Å². The summed E-state index contributed by atoms with van der Waals surface area (Å²) < 4.78 is 72.3. The smallest absolute Gasteiger partial charge is 0.245 e. The Balaban J connectivity index is 1.91. The lowest BCUT2D eigenvalue weighted by Crippen LogP contribution is -2.17. The van der Waals surface area contributed by atoms with Crippen molar-refractivity contribution in [2.45, 2.75) is 13.5 Å². The first-order valence-electron chi connectivity index (χ1n) is 7.47. The highest BCUT2D eigenvalue weighted by molar-refractivity contribution is 6.49. The van der Waals surface area contributed by atoms with E-state index in [1.807, 2.05) is 0 Å². The molecule has 0 radical (unpaired) electrons. The van der Waals surface area contributed by atoms with Gasteiger partial charge in [-0.1, -0.05) is 23.4 Å². The summed E-state index contributed by atoms with van der Waals surface area (Å²) in [5.41, 5.74) is 0.0777. The second-order valence-electron chi connectivity index (χ2n) is 5.13. The molecular formula is C17H11F5N2O2. The summed E-state index contributed by atoms with van der Waals surface area (Å²) in [5.74, 6) is -10.4. The molecule has 4 nitrogen and oxygen atoms in total. The average Bonchev–Trinajstić information content (AvgIpc) is 3.00. The van der Waals surface area contributed by atoms with Crippen LogP contribution >= 0.6 is 0 Å². The van der Waals surface area contributed by atoms with Crippen LogP contribution in [0.1, 0.15) is 18.1 Å². The van der Waals surface area contributed by atoms with Crippen LogP contribution in [0.15, 0.2) is 34.4 Å². The van der Waals surface area contributed by atoms with Crippen molar-refractivity contribution in [2.24, 2.45) is 10.1 Å². The van der Waals surface area contributed by atoms with Crippen LogP contribution in [-0.2, 0) is 16.2 Å². The van der Waals surface area contributed by atoms with Gasteiger partial charge in [-0.3, -0.25) is 0 Å². The van der Waals surface area contributed by atoms with E-state index in [4.69, 9.17) is 9.57 Å². The molecule has 3 rings (SSSR count). The number of nitrogens with zero attached hydrogens (tertiary/aromatic N) is 2. The topological polar surface area (TPSA) is 43.2 Å². The first-order chi connectivity index (χ1) is 12.5. The Bertz CT molecular complexity index is 899. The maximum atomic E-state index is 13.7. The van der Waals surface area contributed by atoms with Crippen LogP contribution in [0.25, 0.3) is 0 Å². The zero-order chi connectivity index (χ0) is 18.8. The predicted octanol–water partition coefficient (Wildman–Crippen LogP) is 4.38. The van der Waals surface area contributed by atoms with E-state index < -0.39 is 41.3 Å². The third-order valence-corrected chi connectivity index (χ3v) is 3.52. The molecule has 2 aromatic carbocycles. The Morgan fingerprint density at radius 3 is 2.19 bits per heavy atom. The van der Waals surface area contributed by atoms with Crippen molar-refractivity contribution in [2.75, 3.05) is 6.61 Å². The first-order valence-corrected chi connectivity index (χ1v) is 7.47.